The Hall–Kier alpha value is -1.46. The van der Waals surface area contributed by atoms with Crippen LogP contribution in [0, 0.1) is 16.0 Å². The van der Waals surface area contributed by atoms with Gasteiger partial charge >= 0.3 is 0 Å². The number of hydrogen-bond donors (Lipinski definition) is 0. The number of likely N-dealkylation sites (tertiary alicyclic amines) is 1. The number of non-ortho nitro benzene ring substituents is 1. The quantitative estimate of drug-likeness (QED) is 0.596. The Morgan fingerprint density at radius 2 is 1.86 bits per heavy atom. The minimum Gasteiger partial charge on any atom is -0.309 e. The van der Waals surface area contributed by atoms with Crippen LogP contribution in [0.25, 0.3) is 0 Å². The Kier molecular flexibility index (Phi) is 5.70. The SMILES string of the molecule is CN(C)CC1CCN(CCc2ccc([N+](=O)[O-])cc2)CC1. The second kappa shape index (κ2) is 7.52. The van der Waals surface area contributed by atoms with E-state index in [1.165, 1.54) is 38.0 Å². The van der Waals surface area contributed by atoms with Crippen LogP contribution >= 0.6 is 0 Å². The second-order valence-corrected chi connectivity index (χ2v) is 6.22. The summed E-state index contributed by atoms with van der Waals surface area (Å²) in [5.41, 5.74) is 1.35. The zero-order chi connectivity index (χ0) is 15.2. The Balaban J connectivity index is 1.73. The van der Waals surface area contributed by atoms with Gasteiger partial charge in [0.15, 0.2) is 0 Å². The van der Waals surface area contributed by atoms with Crippen molar-refractivity contribution < 1.29 is 4.92 Å². The maximum atomic E-state index is 10.6. The molecule has 2 rings (SSSR count). The van der Waals surface area contributed by atoms with Crippen LogP contribution in [-0.2, 0) is 6.42 Å². The van der Waals surface area contributed by atoms with Crippen LogP contribution in [-0.4, -0.2) is 55.0 Å². The monoisotopic (exact) mass is 291 g/mol. The van der Waals surface area contributed by atoms with Crippen LogP contribution in [0.5, 0.6) is 0 Å². The summed E-state index contributed by atoms with van der Waals surface area (Å²) in [6.45, 7) is 4.58. The third-order valence-corrected chi connectivity index (χ3v) is 4.19. The molecule has 0 radical (unpaired) electrons. The molecule has 0 atom stereocenters. The van der Waals surface area contributed by atoms with Gasteiger partial charge in [-0.3, -0.25) is 10.1 Å². The lowest BCUT2D eigenvalue weighted by Gasteiger charge is -2.33. The molecule has 1 aliphatic rings. The smallest absolute Gasteiger partial charge is 0.269 e. The number of piperidine rings is 1. The van der Waals surface area contributed by atoms with Crippen molar-refractivity contribution in [3.8, 4) is 0 Å². The van der Waals surface area contributed by atoms with E-state index in [9.17, 15) is 10.1 Å². The zero-order valence-corrected chi connectivity index (χ0v) is 13.0. The fraction of sp³-hybridized carbons (Fsp3) is 0.625. The number of nitro groups is 1. The molecule has 1 aliphatic heterocycles. The van der Waals surface area contributed by atoms with E-state index >= 15 is 0 Å². The molecule has 0 amide bonds. The maximum absolute atomic E-state index is 10.6. The Morgan fingerprint density at radius 3 is 2.38 bits per heavy atom. The van der Waals surface area contributed by atoms with Gasteiger partial charge in [0.1, 0.15) is 0 Å². The molecule has 0 saturated carbocycles. The van der Waals surface area contributed by atoms with Gasteiger partial charge in [-0.05, 0) is 57.9 Å². The molecule has 1 aromatic carbocycles. The summed E-state index contributed by atoms with van der Waals surface area (Å²) >= 11 is 0. The van der Waals surface area contributed by atoms with Crippen LogP contribution in [0.15, 0.2) is 24.3 Å². The van der Waals surface area contributed by atoms with Gasteiger partial charge in [0.2, 0.25) is 0 Å². The van der Waals surface area contributed by atoms with Gasteiger partial charge in [-0.25, -0.2) is 0 Å². The molecule has 21 heavy (non-hydrogen) atoms. The molecule has 5 nitrogen and oxygen atoms in total. The average Bonchev–Trinajstić information content (AvgIpc) is 2.46. The molecule has 0 unspecified atom stereocenters. The van der Waals surface area contributed by atoms with E-state index in [4.69, 9.17) is 0 Å². The van der Waals surface area contributed by atoms with Crippen molar-refractivity contribution >= 4 is 5.69 Å². The lowest BCUT2D eigenvalue weighted by Crippen LogP contribution is -2.38. The Bertz CT molecular complexity index is 451. The van der Waals surface area contributed by atoms with Gasteiger partial charge in [0, 0.05) is 25.2 Å². The molecule has 1 saturated heterocycles. The van der Waals surface area contributed by atoms with E-state index in [2.05, 4.69) is 23.9 Å². The molecule has 0 bridgehead atoms. The normalized spacial score (nSPS) is 17.3. The highest BCUT2D eigenvalue weighted by Crippen LogP contribution is 2.18. The summed E-state index contributed by atoms with van der Waals surface area (Å²) in [6, 6.07) is 6.94. The van der Waals surface area contributed by atoms with Crippen LogP contribution in [0.3, 0.4) is 0 Å². The van der Waals surface area contributed by atoms with Crippen LogP contribution < -0.4 is 0 Å². The number of nitro benzene ring substituents is 1. The van der Waals surface area contributed by atoms with E-state index in [1.807, 2.05) is 12.1 Å². The summed E-state index contributed by atoms with van der Waals surface area (Å²) in [6.07, 6.45) is 3.52. The van der Waals surface area contributed by atoms with Gasteiger partial charge < -0.3 is 9.80 Å². The highest BCUT2D eigenvalue weighted by atomic mass is 16.6. The van der Waals surface area contributed by atoms with Gasteiger partial charge in [0.25, 0.3) is 5.69 Å². The molecule has 1 fully saturated rings. The van der Waals surface area contributed by atoms with Crippen molar-refractivity contribution in [3.63, 3.8) is 0 Å². The zero-order valence-electron chi connectivity index (χ0n) is 13.0. The fourth-order valence-corrected chi connectivity index (χ4v) is 2.98. The number of hydrogen-bond acceptors (Lipinski definition) is 4. The summed E-state index contributed by atoms with van der Waals surface area (Å²) in [5, 5.41) is 10.6. The van der Waals surface area contributed by atoms with Crippen LogP contribution in [0.2, 0.25) is 0 Å². The molecule has 0 aliphatic carbocycles. The first kappa shape index (κ1) is 15.9. The minimum absolute atomic E-state index is 0.170. The predicted molar refractivity (Wildman–Crippen MR) is 84.5 cm³/mol. The highest BCUT2D eigenvalue weighted by Gasteiger charge is 2.19. The third-order valence-electron chi connectivity index (χ3n) is 4.19. The second-order valence-electron chi connectivity index (χ2n) is 6.22. The maximum Gasteiger partial charge on any atom is 0.269 e. The Morgan fingerprint density at radius 1 is 1.24 bits per heavy atom. The molecular formula is C16H25N3O2. The van der Waals surface area contributed by atoms with E-state index in [0.29, 0.717) is 0 Å². The molecule has 0 N–H and O–H groups in total. The topological polar surface area (TPSA) is 49.6 Å². The van der Waals surface area contributed by atoms with Crippen LogP contribution in [0.1, 0.15) is 18.4 Å². The van der Waals surface area contributed by atoms with Crippen molar-refractivity contribution in [1.82, 2.24) is 9.80 Å². The van der Waals surface area contributed by atoms with Crippen molar-refractivity contribution in [3.05, 3.63) is 39.9 Å². The fourth-order valence-electron chi connectivity index (χ4n) is 2.98. The molecular weight excluding hydrogens is 266 g/mol. The number of nitrogens with zero attached hydrogens (tertiary/aromatic N) is 3. The van der Waals surface area contributed by atoms with E-state index in [1.54, 1.807) is 12.1 Å². The van der Waals surface area contributed by atoms with Crippen molar-refractivity contribution in [2.75, 3.05) is 40.3 Å². The predicted octanol–water partition coefficient (Wildman–Crippen LogP) is 2.41. The first-order chi connectivity index (χ1) is 10.0. The first-order valence-corrected chi connectivity index (χ1v) is 7.65. The average molecular weight is 291 g/mol. The summed E-state index contributed by atoms with van der Waals surface area (Å²) < 4.78 is 0. The lowest BCUT2D eigenvalue weighted by molar-refractivity contribution is -0.384. The highest BCUT2D eigenvalue weighted by molar-refractivity contribution is 5.32. The van der Waals surface area contributed by atoms with E-state index in [0.717, 1.165) is 18.9 Å². The molecule has 0 aromatic heterocycles. The van der Waals surface area contributed by atoms with Gasteiger partial charge in [-0.15, -0.1) is 0 Å². The standard InChI is InChI=1S/C16H25N3O2/c1-17(2)13-15-8-11-18(12-9-15)10-7-14-3-5-16(6-4-14)19(20)21/h3-6,15H,7-13H2,1-2H3. The molecule has 5 heteroatoms. The number of benzene rings is 1. The minimum atomic E-state index is -0.348. The van der Waals surface area contributed by atoms with Gasteiger partial charge in [-0.1, -0.05) is 12.1 Å². The summed E-state index contributed by atoms with van der Waals surface area (Å²) in [7, 11) is 4.28. The molecule has 1 heterocycles. The third kappa shape index (κ3) is 5.10. The van der Waals surface area contributed by atoms with Crippen molar-refractivity contribution in [2.45, 2.75) is 19.3 Å². The summed E-state index contributed by atoms with van der Waals surface area (Å²) in [5.74, 6) is 0.829. The molecule has 116 valence electrons. The Labute approximate surface area is 126 Å². The van der Waals surface area contributed by atoms with Crippen molar-refractivity contribution in [1.29, 1.82) is 0 Å². The van der Waals surface area contributed by atoms with Crippen molar-refractivity contribution in [2.24, 2.45) is 5.92 Å². The van der Waals surface area contributed by atoms with Gasteiger partial charge in [-0.2, -0.15) is 0 Å². The first-order valence-electron chi connectivity index (χ1n) is 7.65. The van der Waals surface area contributed by atoms with E-state index in [-0.39, 0.29) is 10.6 Å². The number of rotatable bonds is 6. The lowest BCUT2D eigenvalue weighted by atomic mass is 9.96. The molecule has 1 aromatic rings. The largest absolute Gasteiger partial charge is 0.309 e. The van der Waals surface area contributed by atoms with Gasteiger partial charge in [0.05, 0.1) is 4.92 Å². The van der Waals surface area contributed by atoms with E-state index < -0.39 is 0 Å². The van der Waals surface area contributed by atoms with Crippen LogP contribution in [0.4, 0.5) is 5.69 Å². The summed E-state index contributed by atoms with van der Waals surface area (Å²) in [4.78, 5) is 15.1. The molecule has 0 spiro atoms.